The number of H-pyrrole nitrogens is 1. The molecule has 3 rings (SSSR count). The molecule has 1 aliphatic rings. The van der Waals surface area contributed by atoms with Gasteiger partial charge in [-0.15, -0.1) is 0 Å². The van der Waals surface area contributed by atoms with Gasteiger partial charge in [-0.05, 0) is 38.3 Å². The van der Waals surface area contributed by atoms with E-state index in [1.54, 1.807) is 19.3 Å². The number of hydrogen-bond donors (Lipinski definition) is 2. The van der Waals surface area contributed by atoms with Gasteiger partial charge < -0.3 is 5.11 Å². The Balaban J connectivity index is 1.78. The van der Waals surface area contributed by atoms with Crippen molar-refractivity contribution in [2.75, 3.05) is 13.1 Å². The van der Waals surface area contributed by atoms with Gasteiger partial charge in [0.25, 0.3) is 5.56 Å². The fourth-order valence-corrected chi connectivity index (χ4v) is 3.34. The van der Waals surface area contributed by atoms with Crippen LogP contribution in [0.3, 0.4) is 0 Å². The summed E-state index contributed by atoms with van der Waals surface area (Å²) in [5.41, 5.74) is 1.81. The first kappa shape index (κ1) is 17.6. The van der Waals surface area contributed by atoms with Gasteiger partial charge in [-0.25, -0.2) is 4.79 Å². The van der Waals surface area contributed by atoms with E-state index in [-0.39, 0.29) is 11.6 Å². The van der Waals surface area contributed by atoms with Crippen molar-refractivity contribution >= 4 is 0 Å². The van der Waals surface area contributed by atoms with E-state index in [2.05, 4.69) is 14.9 Å². The van der Waals surface area contributed by atoms with Crippen LogP contribution in [0.2, 0.25) is 0 Å². The maximum absolute atomic E-state index is 12.1. The van der Waals surface area contributed by atoms with Crippen molar-refractivity contribution in [2.24, 2.45) is 0 Å². The average molecular weight is 344 g/mol. The second kappa shape index (κ2) is 7.33. The van der Waals surface area contributed by atoms with Crippen LogP contribution in [0.25, 0.3) is 0 Å². The normalized spacial score (nSPS) is 21.9. The van der Waals surface area contributed by atoms with E-state index in [0.29, 0.717) is 18.4 Å². The van der Waals surface area contributed by atoms with Crippen LogP contribution < -0.4 is 11.2 Å². The first-order valence-electron chi connectivity index (χ1n) is 8.58. The van der Waals surface area contributed by atoms with E-state index in [1.807, 2.05) is 19.1 Å². The van der Waals surface area contributed by atoms with Crippen molar-refractivity contribution in [2.45, 2.75) is 45.4 Å². The molecule has 1 fully saturated rings. The summed E-state index contributed by atoms with van der Waals surface area (Å²) in [7, 11) is 0. The standard InChI is InChI=1S/C18H24N4O3/c1-12-4-3-7-19-14(12)11-21-8-5-15(16(23)6-9-21)22-10-13(2)17(24)20-18(22)25/h3-4,7,10,15-16,23H,5-6,8-9,11H2,1-2H3,(H,20,24,25)/t15-,16-/m0/s1. The fourth-order valence-electron chi connectivity index (χ4n) is 3.34. The van der Waals surface area contributed by atoms with Crippen LogP contribution in [0.1, 0.15) is 35.7 Å². The van der Waals surface area contributed by atoms with Gasteiger partial charge in [-0.1, -0.05) is 6.07 Å². The molecule has 2 aromatic heterocycles. The van der Waals surface area contributed by atoms with Gasteiger partial charge in [0.2, 0.25) is 0 Å². The van der Waals surface area contributed by atoms with Crippen molar-refractivity contribution in [3.05, 3.63) is 62.2 Å². The van der Waals surface area contributed by atoms with Crippen molar-refractivity contribution < 1.29 is 5.11 Å². The Hall–Kier alpha value is -2.25. The Morgan fingerprint density at radius 1 is 1.24 bits per heavy atom. The predicted molar refractivity (Wildman–Crippen MR) is 94.6 cm³/mol. The molecule has 134 valence electrons. The molecule has 2 atom stereocenters. The molecule has 0 saturated carbocycles. The number of nitrogens with zero attached hydrogens (tertiary/aromatic N) is 3. The van der Waals surface area contributed by atoms with Gasteiger partial charge >= 0.3 is 5.69 Å². The van der Waals surface area contributed by atoms with Crippen LogP contribution in [0.15, 0.2) is 34.1 Å². The van der Waals surface area contributed by atoms with Crippen LogP contribution in [0.5, 0.6) is 0 Å². The van der Waals surface area contributed by atoms with Crippen molar-refractivity contribution in [1.82, 2.24) is 19.4 Å². The van der Waals surface area contributed by atoms with E-state index < -0.39 is 11.8 Å². The zero-order valence-corrected chi connectivity index (χ0v) is 14.6. The third-order valence-corrected chi connectivity index (χ3v) is 4.92. The van der Waals surface area contributed by atoms with E-state index >= 15 is 0 Å². The maximum Gasteiger partial charge on any atom is 0.328 e. The molecule has 7 heteroatoms. The Bertz CT molecular complexity index is 858. The molecule has 0 aliphatic carbocycles. The number of aliphatic hydroxyl groups excluding tert-OH is 1. The number of rotatable bonds is 3. The number of aliphatic hydroxyl groups is 1. The van der Waals surface area contributed by atoms with Gasteiger partial charge in [0.05, 0.1) is 17.8 Å². The lowest BCUT2D eigenvalue weighted by atomic mass is 10.1. The highest BCUT2D eigenvalue weighted by Gasteiger charge is 2.27. The highest BCUT2D eigenvalue weighted by atomic mass is 16.3. The minimum atomic E-state index is -0.627. The Morgan fingerprint density at radius 2 is 2.00 bits per heavy atom. The Kier molecular flexibility index (Phi) is 5.15. The summed E-state index contributed by atoms with van der Waals surface area (Å²) in [4.78, 5) is 32.7. The average Bonchev–Trinajstić information content (AvgIpc) is 2.75. The summed E-state index contributed by atoms with van der Waals surface area (Å²) in [5.74, 6) is 0. The van der Waals surface area contributed by atoms with Crippen LogP contribution in [-0.2, 0) is 6.54 Å². The zero-order valence-electron chi connectivity index (χ0n) is 14.6. The first-order valence-corrected chi connectivity index (χ1v) is 8.58. The summed E-state index contributed by atoms with van der Waals surface area (Å²) in [6.07, 6.45) is 3.92. The third-order valence-electron chi connectivity index (χ3n) is 4.92. The molecule has 25 heavy (non-hydrogen) atoms. The van der Waals surface area contributed by atoms with Gasteiger partial charge in [0.1, 0.15) is 0 Å². The highest BCUT2D eigenvalue weighted by molar-refractivity contribution is 5.17. The summed E-state index contributed by atoms with van der Waals surface area (Å²) >= 11 is 0. The predicted octanol–water partition coefficient (Wildman–Crippen LogP) is 0.746. The largest absolute Gasteiger partial charge is 0.391 e. The number of pyridine rings is 1. The molecule has 1 saturated heterocycles. The lowest BCUT2D eigenvalue weighted by Gasteiger charge is -2.22. The molecule has 2 N–H and O–H groups in total. The number of aromatic nitrogens is 3. The Morgan fingerprint density at radius 3 is 2.76 bits per heavy atom. The summed E-state index contributed by atoms with van der Waals surface area (Å²) < 4.78 is 1.47. The van der Waals surface area contributed by atoms with E-state index in [1.165, 1.54) is 4.57 Å². The lowest BCUT2D eigenvalue weighted by molar-refractivity contribution is 0.105. The number of nitrogens with one attached hydrogen (secondary N) is 1. The molecule has 0 radical (unpaired) electrons. The van der Waals surface area contributed by atoms with E-state index in [0.717, 1.165) is 30.9 Å². The smallest absolute Gasteiger partial charge is 0.328 e. The van der Waals surface area contributed by atoms with Gasteiger partial charge in [0.15, 0.2) is 0 Å². The van der Waals surface area contributed by atoms with Crippen molar-refractivity contribution in [1.29, 1.82) is 0 Å². The molecular formula is C18H24N4O3. The molecule has 0 amide bonds. The molecule has 0 unspecified atom stereocenters. The monoisotopic (exact) mass is 344 g/mol. The summed E-state index contributed by atoms with van der Waals surface area (Å²) in [6, 6.07) is 3.63. The second-order valence-electron chi connectivity index (χ2n) is 6.73. The van der Waals surface area contributed by atoms with E-state index in [4.69, 9.17) is 0 Å². The summed E-state index contributed by atoms with van der Waals surface area (Å²) in [6.45, 7) is 5.92. The highest BCUT2D eigenvalue weighted by Crippen LogP contribution is 2.23. The first-order chi connectivity index (χ1) is 12.0. The van der Waals surface area contributed by atoms with Gasteiger partial charge in [-0.3, -0.25) is 24.2 Å². The van der Waals surface area contributed by atoms with Crippen LogP contribution in [0, 0.1) is 13.8 Å². The molecule has 0 spiro atoms. The molecule has 0 bridgehead atoms. The molecule has 7 nitrogen and oxygen atoms in total. The number of hydrogen-bond acceptors (Lipinski definition) is 5. The quantitative estimate of drug-likeness (QED) is 0.857. The topological polar surface area (TPSA) is 91.2 Å². The van der Waals surface area contributed by atoms with Crippen LogP contribution >= 0.6 is 0 Å². The van der Waals surface area contributed by atoms with Crippen molar-refractivity contribution in [3.63, 3.8) is 0 Å². The van der Waals surface area contributed by atoms with Crippen molar-refractivity contribution in [3.8, 4) is 0 Å². The molecule has 2 aromatic rings. The fraction of sp³-hybridized carbons (Fsp3) is 0.500. The minimum Gasteiger partial charge on any atom is -0.391 e. The lowest BCUT2D eigenvalue weighted by Crippen LogP contribution is -2.37. The molecule has 0 aromatic carbocycles. The number of aromatic amines is 1. The number of aryl methyl sites for hydroxylation is 2. The van der Waals surface area contributed by atoms with Crippen LogP contribution in [-0.4, -0.2) is 43.7 Å². The Labute approximate surface area is 146 Å². The van der Waals surface area contributed by atoms with E-state index in [9.17, 15) is 14.7 Å². The molecule has 3 heterocycles. The molecular weight excluding hydrogens is 320 g/mol. The van der Waals surface area contributed by atoms with Gasteiger partial charge in [0, 0.05) is 37.6 Å². The summed E-state index contributed by atoms with van der Waals surface area (Å²) in [5, 5.41) is 10.5. The minimum absolute atomic E-state index is 0.335. The van der Waals surface area contributed by atoms with Crippen LogP contribution in [0.4, 0.5) is 0 Å². The third kappa shape index (κ3) is 3.88. The number of likely N-dealkylation sites (tertiary alicyclic amines) is 1. The second-order valence-corrected chi connectivity index (χ2v) is 6.73. The maximum atomic E-state index is 12.1. The zero-order chi connectivity index (χ0) is 18.0. The molecule has 1 aliphatic heterocycles. The SMILES string of the molecule is Cc1cccnc1CN1CC[C@H](O)[C@@H](n2cc(C)c(=O)[nH]c2=O)CC1. The van der Waals surface area contributed by atoms with Gasteiger partial charge in [-0.2, -0.15) is 0 Å².